The van der Waals surface area contributed by atoms with E-state index in [9.17, 15) is 23.6 Å². The van der Waals surface area contributed by atoms with Crippen molar-refractivity contribution in [2.24, 2.45) is 0 Å². The molecule has 4 bridgehead atoms. The molecule has 51 heavy (non-hydrogen) atoms. The van der Waals surface area contributed by atoms with Crippen molar-refractivity contribution in [3.05, 3.63) is 95.3 Å². The predicted octanol–water partition coefficient (Wildman–Crippen LogP) is 8.08. The largest absolute Gasteiger partial charge is 0.354 e. The fraction of sp³-hybridized carbons (Fsp3) is 0.476. The monoisotopic (exact) mass is 698 g/mol. The van der Waals surface area contributed by atoms with Gasteiger partial charge in [-0.05, 0) is 93.1 Å². The van der Waals surface area contributed by atoms with Gasteiger partial charge in [-0.1, -0.05) is 88.3 Å². The van der Waals surface area contributed by atoms with E-state index < -0.39 is 17.4 Å². The molecule has 3 aromatic rings. The van der Waals surface area contributed by atoms with Crippen LogP contribution in [-0.4, -0.2) is 65.1 Å². The van der Waals surface area contributed by atoms with E-state index in [1.165, 1.54) is 44.2 Å². The normalized spacial score (nSPS) is 14.5. The molecule has 0 saturated carbocycles. The number of amides is 4. The minimum atomic E-state index is -0.998. The van der Waals surface area contributed by atoms with E-state index in [2.05, 4.69) is 17.6 Å². The average molecular weight is 699 g/mol. The molecule has 2 N–H and O–H groups in total. The van der Waals surface area contributed by atoms with Gasteiger partial charge in [-0.15, -0.1) is 0 Å². The highest BCUT2D eigenvalue weighted by Gasteiger charge is 2.32. The van der Waals surface area contributed by atoms with Crippen molar-refractivity contribution >= 4 is 23.6 Å². The number of carbonyl (C=O) groups is 4. The van der Waals surface area contributed by atoms with Crippen LogP contribution in [0.5, 0.6) is 0 Å². The van der Waals surface area contributed by atoms with E-state index in [4.69, 9.17) is 0 Å². The van der Waals surface area contributed by atoms with Crippen LogP contribution in [-0.2, 0) is 9.59 Å². The van der Waals surface area contributed by atoms with Crippen molar-refractivity contribution in [2.45, 2.75) is 103 Å². The molecule has 1 heterocycles. The molecule has 1 aliphatic heterocycles. The molecule has 4 amide bonds. The Labute approximate surface area is 303 Å². The lowest BCUT2D eigenvalue weighted by atomic mass is 9.98. The molecule has 1 aliphatic rings. The second-order valence-corrected chi connectivity index (χ2v) is 14.6. The molecule has 8 nitrogen and oxygen atoms in total. The third-order valence-electron chi connectivity index (χ3n) is 9.10. The number of hydrogen-bond donors (Lipinski definition) is 2. The first kappa shape index (κ1) is 39.3. The zero-order valence-corrected chi connectivity index (χ0v) is 30.8. The number of fused-ring (bicyclic) bond motifs is 5. The summed E-state index contributed by atoms with van der Waals surface area (Å²) in [6.45, 7) is 8.73. The molecule has 0 aromatic heterocycles. The smallest absolute Gasteiger partial charge is 0.254 e. The van der Waals surface area contributed by atoms with E-state index in [0.29, 0.717) is 36.1 Å². The predicted molar refractivity (Wildman–Crippen MR) is 201 cm³/mol. The Morgan fingerprint density at radius 2 is 1.29 bits per heavy atom. The quantitative estimate of drug-likeness (QED) is 0.166. The number of nitrogens with one attached hydrogen (secondary N) is 2. The molecule has 4 rings (SSSR count). The number of halogens is 1. The fourth-order valence-corrected chi connectivity index (χ4v) is 6.51. The highest BCUT2D eigenvalue weighted by atomic mass is 19.1. The minimum Gasteiger partial charge on any atom is -0.354 e. The van der Waals surface area contributed by atoms with Crippen LogP contribution in [0.4, 0.5) is 4.39 Å². The molecule has 9 heteroatoms. The molecule has 1 unspecified atom stereocenters. The fourth-order valence-electron chi connectivity index (χ4n) is 6.51. The van der Waals surface area contributed by atoms with Crippen LogP contribution in [0.1, 0.15) is 124 Å². The molecule has 0 radical (unpaired) electrons. The lowest BCUT2D eigenvalue weighted by Gasteiger charge is -2.32. The number of carbonyl (C=O) groups excluding carboxylic acids is 4. The number of hydrogen-bond acceptors (Lipinski definition) is 4. The maximum absolute atomic E-state index is 14.5. The summed E-state index contributed by atoms with van der Waals surface area (Å²) in [5, 5.41) is 6.02. The molecular weight excluding hydrogens is 643 g/mol. The molecule has 274 valence electrons. The summed E-state index contributed by atoms with van der Waals surface area (Å²) < 4.78 is 14.1. The Morgan fingerprint density at radius 3 is 1.90 bits per heavy atom. The lowest BCUT2D eigenvalue weighted by Crippen LogP contribution is -2.47. The van der Waals surface area contributed by atoms with Crippen molar-refractivity contribution < 1.29 is 23.6 Å². The van der Waals surface area contributed by atoms with Gasteiger partial charge in [0.1, 0.15) is 11.9 Å². The van der Waals surface area contributed by atoms with E-state index in [1.807, 2.05) is 32.9 Å². The van der Waals surface area contributed by atoms with Crippen LogP contribution in [0.15, 0.2) is 72.8 Å². The van der Waals surface area contributed by atoms with Gasteiger partial charge in [0.15, 0.2) is 0 Å². The van der Waals surface area contributed by atoms with E-state index in [1.54, 1.807) is 58.3 Å². The summed E-state index contributed by atoms with van der Waals surface area (Å²) in [7, 11) is 0. The second-order valence-electron chi connectivity index (χ2n) is 14.6. The van der Waals surface area contributed by atoms with Crippen molar-refractivity contribution in [3.8, 4) is 11.1 Å². The van der Waals surface area contributed by atoms with Crippen molar-refractivity contribution in [3.63, 3.8) is 0 Å². The van der Waals surface area contributed by atoms with Gasteiger partial charge < -0.3 is 20.4 Å². The van der Waals surface area contributed by atoms with Crippen LogP contribution >= 0.6 is 0 Å². The van der Waals surface area contributed by atoms with Gasteiger partial charge in [-0.25, -0.2) is 4.39 Å². The molecule has 0 spiro atoms. The third-order valence-corrected chi connectivity index (χ3v) is 9.10. The van der Waals surface area contributed by atoms with E-state index in [-0.39, 0.29) is 43.3 Å². The maximum atomic E-state index is 14.5. The molecule has 0 aliphatic carbocycles. The first-order chi connectivity index (χ1) is 24.5. The highest BCUT2D eigenvalue weighted by Crippen LogP contribution is 2.28. The Morgan fingerprint density at radius 1 is 0.745 bits per heavy atom. The zero-order valence-electron chi connectivity index (χ0n) is 30.8. The van der Waals surface area contributed by atoms with Gasteiger partial charge in [0, 0.05) is 36.3 Å². The van der Waals surface area contributed by atoms with Crippen molar-refractivity contribution in [1.29, 1.82) is 0 Å². The Kier molecular flexibility index (Phi) is 14.8. The van der Waals surface area contributed by atoms with Gasteiger partial charge >= 0.3 is 0 Å². The number of benzene rings is 3. The summed E-state index contributed by atoms with van der Waals surface area (Å²) >= 11 is 0. The van der Waals surface area contributed by atoms with Gasteiger partial charge in [0.2, 0.25) is 11.8 Å². The minimum absolute atomic E-state index is 0.113. The lowest BCUT2D eigenvalue weighted by molar-refractivity contribution is -0.126. The van der Waals surface area contributed by atoms with Crippen LogP contribution in [0.25, 0.3) is 11.1 Å². The molecular formula is C42H55FN4O4. The van der Waals surface area contributed by atoms with Gasteiger partial charge in [0.05, 0.1) is 6.54 Å². The first-order valence-corrected chi connectivity index (χ1v) is 18.6. The average Bonchev–Trinajstić information content (AvgIpc) is 3.10. The first-order valence-electron chi connectivity index (χ1n) is 18.6. The second kappa shape index (κ2) is 19.2. The summed E-state index contributed by atoms with van der Waals surface area (Å²) in [5.74, 6) is -1.59. The maximum Gasteiger partial charge on any atom is 0.254 e. The van der Waals surface area contributed by atoms with Gasteiger partial charge in [-0.2, -0.15) is 0 Å². The van der Waals surface area contributed by atoms with Crippen LogP contribution in [0.3, 0.4) is 0 Å². The Hall–Kier alpha value is -4.53. The number of unbranched alkanes of at least 4 members (excludes halogenated alkanes) is 7. The summed E-state index contributed by atoms with van der Waals surface area (Å²) in [6, 6.07) is 19.1. The summed E-state index contributed by atoms with van der Waals surface area (Å²) in [4.78, 5) is 58.5. The summed E-state index contributed by atoms with van der Waals surface area (Å²) in [5.41, 5.74) is 2.40. The standard InChI is InChI=1S/C42H55FN4O4/c1-5-6-7-8-9-10-11-12-25-44-39(49)38(31-21-23-36(43)24-22-31)47-27-14-13-26-46(30-37(48)45-42(2,3)4)40(50)34-19-15-17-32(28-34)33-18-16-20-35(29-33)41(47)51/h15-24,28-29,38H,5-14,25-27,30H2,1-4H3,(H,44,49)(H,45,48). The zero-order chi connectivity index (χ0) is 36.8. The van der Waals surface area contributed by atoms with Crippen LogP contribution < -0.4 is 10.6 Å². The van der Waals surface area contributed by atoms with Gasteiger partial charge in [-0.3, -0.25) is 19.2 Å². The molecule has 1 atom stereocenters. The van der Waals surface area contributed by atoms with E-state index in [0.717, 1.165) is 30.4 Å². The molecule has 3 aromatic carbocycles. The third kappa shape index (κ3) is 12.0. The number of rotatable bonds is 14. The molecule has 0 saturated heterocycles. The SMILES string of the molecule is CCCCCCCCCCNC(=O)C(c1ccc(F)cc1)N1CCCCN(CC(=O)NC(C)(C)C)C(=O)c2cccc(c2)-c2cccc(c2)C1=O. The Balaban J connectivity index is 1.63. The topological polar surface area (TPSA) is 98.8 Å². The summed E-state index contributed by atoms with van der Waals surface area (Å²) in [6.07, 6.45) is 10.0. The number of nitrogens with zero attached hydrogens (tertiary/aromatic N) is 2. The van der Waals surface area contributed by atoms with Gasteiger partial charge in [0.25, 0.3) is 11.8 Å². The van der Waals surface area contributed by atoms with Crippen molar-refractivity contribution in [2.75, 3.05) is 26.2 Å². The molecule has 0 fully saturated rings. The van der Waals surface area contributed by atoms with E-state index >= 15 is 0 Å². The van der Waals surface area contributed by atoms with Crippen molar-refractivity contribution in [1.82, 2.24) is 20.4 Å². The van der Waals surface area contributed by atoms with Crippen LogP contribution in [0.2, 0.25) is 0 Å². The van der Waals surface area contributed by atoms with Crippen LogP contribution in [0, 0.1) is 5.82 Å². The highest BCUT2D eigenvalue weighted by molar-refractivity contribution is 6.00. The Bertz CT molecular complexity index is 1620.